The molecule has 0 radical (unpaired) electrons. The number of nitrogens with one attached hydrogen (secondary N) is 1. The van der Waals surface area contributed by atoms with E-state index in [9.17, 15) is 14.9 Å². The Morgan fingerprint density at radius 3 is 2.90 bits per heavy atom. The second-order valence-corrected chi connectivity index (χ2v) is 4.71. The maximum absolute atomic E-state index is 11.7. The number of hydrogen-bond acceptors (Lipinski definition) is 5. The molecule has 20 heavy (non-hydrogen) atoms. The first-order valence-corrected chi connectivity index (χ1v) is 6.39. The molecular formula is C11H10BrN5O3. The van der Waals surface area contributed by atoms with Gasteiger partial charge in [-0.3, -0.25) is 9.78 Å². The smallest absolute Gasteiger partial charge is 0.358 e. The molecule has 8 nitrogen and oxygen atoms in total. The Morgan fingerprint density at radius 2 is 2.30 bits per heavy atom. The Kier molecular flexibility index (Phi) is 4.41. The highest BCUT2D eigenvalue weighted by Gasteiger charge is 2.19. The number of carbonyl (C=O) groups is 1. The van der Waals surface area contributed by atoms with Crippen molar-refractivity contribution in [3.63, 3.8) is 0 Å². The van der Waals surface area contributed by atoms with Crippen molar-refractivity contribution in [1.29, 1.82) is 0 Å². The van der Waals surface area contributed by atoms with Gasteiger partial charge in [-0.1, -0.05) is 6.07 Å². The quantitative estimate of drug-likeness (QED) is 0.652. The van der Waals surface area contributed by atoms with Crippen molar-refractivity contribution in [2.75, 3.05) is 0 Å². The average Bonchev–Trinajstić information content (AvgIpc) is 2.78. The third-order valence-corrected chi connectivity index (χ3v) is 2.93. The van der Waals surface area contributed by atoms with Crippen LogP contribution in [0.5, 0.6) is 0 Å². The fourth-order valence-corrected chi connectivity index (χ4v) is 1.95. The van der Waals surface area contributed by atoms with Crippen LogP contribution in [0.4, 0.5) is 5.82 Å². The van der Waals surface area contributed by atoms with Crippen LogP contribution in [0.2, 0.25) is 0 Å². The Balaban J connectivity index is 1.92. The molecule has 0 aromatic carbocycles. The molecule has 0 aliphatic rings. The average molecular weight is 340 g/mol. The van der Waals surface area contributed by atoms with E-state index >= 15 is 0 Å². The van der Waals surface area contributed by atoms with Crippen molar-refractivity contribution in [2.24, 2.45) is 0 Å². The Hall–Kier alpha value is -2.29. The van der Waals surface area contributed by atoms with Gasteiger partial charge in [0.25, 0.3) is 0 Å². The number of hydrogen-bond donors (Lipinski definition) is 1. The third kappa shape index (κ3) is 3.60. The summed E-state index contributed by atoms with van der Waals surface area (Å²) in [5, 5.41) is 17.0. The molecule has 2 aromatic rings. The molecule has 0 aliphatic carbocycles. The summed E-state index contributed by atoms with van der Waals surface area (Å²) in [5.74, 6) is -0.622. The molecule has 0 aliphatic heterocycles. The highest BCUT2D eigenvalue weighted by molar-refractivity contribution is 9.10. The van der Waals surface area contributed by atoms with Gasteiger partial charge in [0.05, 0.1) is 23.5 Å². The van der Waals surface area contributed by atoms with Crippen LogP contribution in [0, 0.1) is 10.1 Å². The van der Waals surface area contributed by atoms with Gasteiger partial charge in [0, 0.05) is 6.20 Å². The van der Waals surface area contributed by atoms with E-state index in [0.29, 0.717) is 6.54 Å². The van der Waals surface area contributed by atoms with Crippen LogP contribution in [-0.4, -0.2) is 25.6 Å². The highest BCUT2D eigenvalue weighted by atomic mass is 79.9. The maximum Gasteiger partial charge on any atom is 0.404 e. The molecule has 2 aromatic heterocycles. The zero-order valence-electron chi connectivity index (χ0n) is 10.2. The molecule has 0 unspecified atom stereocenters. The van der Waals surface area contributed by atoms with Crippen LogP contribution >= 0.6 is 15.9 Å². The normalized spacial score (nSPS) is 10.2. The summed E-state index contributed by atoms with van der Waals surface area (Å²) in [4.78, 5) is 25.8. The number of amides is 1. The van der Waals surface area contributed by atoms with Gasteiger partial charge in [0.15, 0.2) is 0 Å². The zero-order valence-corrected chi connectivity index (χ0v) is 11.8. The molecule has 104 valence electrons. The van der Waals surface area contributed by atoms with E-state index in [1.54, 1.807) is 18.3 Å². The van der Waals surface area contributed by atoms with Crippen molar-refractivity contribution >= 4 is 27.7 Å². The molecule has 0 bridgehead atoms. The predicted octanol–water partition coefficient (Wildman–Crippen LogP) is 1.27. The van der Waals surface area contributed by atoms with Crippen LogP contribution < -0.4 is 5.32 Å². The van der Waals surface area contributed by atoms with Gasteiger partial charge in [0.1, 0.15) is 11.0 Å². The standard InChI is InChI=1S/C11H10BrN5O3/c12-9-6-16(15-11(9)17(19)20)7-10(18)14-5-8-3-1-2-4-13-8/h1-4,6H,5,7H2,(H,14,18). The van der Waals surface area contributed by atoms with Crippen LogP contribution in [-0.2, 0) is 17.9 Å². The lowest BCUT2D eigenvalue weighted by molar-refractivity contribution is -0.390. The molecule has 9 heteroatoms. The first kappa shape index (κ1) is 14.1. The minimum absolute atomic E-state index is 0.0979. The minimum atomic E-state index is -0.619. The van der Waals surface area contributed by atoms with Crippen LogP contribution in [0.3, 0.4) is 0 Å². The van der Waals surface area contributed by atoms with Gasteiger partial charge < -0.3 is 15.4 Å². The molecule has 1 N–H and O–H groups in total. The van der Waals surface area contributed by atoms with E-state index in [-0.39, 0.29) is 22.7 Å². The largest absolute Gasteiger partial charge is 0.404 e. The lowest BCUT2D eigenvalue weighted by Gasteiger charge is -2.02. The van der Waals surface area contributed by atoms with Gasteiger partial charge in [-0.15, -0.1) is 0 Å². The molecule has 0 atom stereocenters. The Morgan fingerprint density at radius 1 is 1.50 bits per heavy atom. The molecule has 0 spiro atoms. The summed E-state index contributed by atoms with van der Waals surface area (Å²) in [6, 6.07) is 5.39. The van der Waals surface area contributed by atoms with Gasteiger partial charge >= 0.3 is 5.82 Å². The summed E-state index contributed by atoms with van der Waals surface area (Å²) in [6.07, 6.45) is 3.02. The molecule has 1 amide bonds. The van der Waals surface area contributed by atoms with Gasteiger partial charge in [0.2, 0.25) is 5.91 Å². The molecule has 0 saturated heterocycles. The second kappa shape index (κ2) is 6.24. The van der Waals surface area contributed by atoms with Crippen molar-refractivity contribution in [2.45, 2.75) is 13.1 Å². The van der Waals surface area contributed by atoms with Crippen LogP contribution in [0.25, 0.3) is 0 Å². The fourth-order valence-electron chi connectivity index (χ4n) is 1.49. The number of rotatable bonds is 5. The second-order valence-electron chi connectivity index (χ2n) is 3.85. The van der Waals surface area contributed by atoms with E-state index in [1.165, 1.54) is 10.9 Å². The maximum atomic E-state index is 11.7. The molecule has 2 heterocycles. The summed E-state index contributed by atoms with van der Waals surface area (Å²) < 4.78 is 1.44. The van der Waals surface area contributed by atoms with Crippen molar-refractivity contribution < 1.29 is 9.72 Å². The van der Waals surface area contributed by atoms with E-state index < -0.39 is 4.92 Å². The minimum Gasteiger partial charge on any atom is -0.358 e. The van der Waals surface area contributed by atoms with Gasteiger partial charge in [-0.25, -0.2) is 0 Å². The van der Waals surface area contributed by atoms with Crippen LogP contribution in [0.1, 0.15) is 5.69 Å². The predicted molar refractivity (Wildman–Crippen MR) is 72.7 cm³/mol. The molecule has 0 fully saturated rings. The first-order chi connectivity index (χ1) is 9.56. The molecule has 0 saturated carbocycles. The fraction of sp³-hybridized carbons (Fsp3) is 0.182. The summed E-state index contributed by atoms with van der Waals surface area (Å²) >= 11 is 3.02. The summed E-state index contributed by atoms with van der Waals surface area (Å²) in [5.41, 5.74) is 0.730. The van der Waals surface area contributed by atoms with Crippen LogP contribution in [0.15, 0.2) is 35.1 Å². The molecular weight excluding hydrogens is 330 g/mol. The van der Waals surface area contributed by atoms with E-state index in [2.05, 4.69) is 31.3 Å². The number of aromatic nitrogens is 3. The monoisotopic (exact) mass is 339 g/mol. The Labute approximate surface area is 122 Å². The lowest BCUT2D eigenvalue weighted by atomic mass is 10.3. The topological polar surface area (TPSA) is 103 Å². The number of nitrogens with zero attached hydrogens (tertiary/aromatic N) is 4. The zero-order chi connectivity index (χ0) is 14.5. The van der Waals surface area contributed by atoms with E-state index in [1.807, 2.05) is 6.07 Å². The number of nitro groups is 1. The number of pyridine rings is 1. The first-order valence-electron chi connectivity index (χ1n) is 5.60. The highest BCUT2D eigenvalue weighted by Crippen LogP contribution is 2.21. The lowest BCUT2D eigenvalue weighted by Crippen LogP contribution is -2.27. The van der Waals surface area contributed by atoms with Crippen molar-refractivity contribution in [1.82, 2.24) is 20.1 Å². The third-order valence-electron chi connectivity index (χ3n) is 2.37. The Bertz CT molecular complexity index is 628. The van der Waals surface area contributed by atoms with Gasteiger partial charge in [-0.2, -0.15) is 4.68 Å². The SMILES string of the molecule is O=C(Cn1cc(Br)c([N+](=O)[O-])n1)NCc1ccccn1. The number of halogens is 1. The van der Waals surface area contributed by atoms with E-state index in [0.717, 1.165) is 5.69 Å². The van der Waals surface area contributed by atoms with E-state index in [4.69, 9.17) is 0 Å². The molecule has 2 rings (SSSR count). The van der Waals surface area contributed by atoms with Crippen molar-refractivity contribution in [3.05, 3.63) is 50.9 Å². The van der Waals surface area contributed by atoms with Crippen molar-refractivity contribution in [3.8, 4) is 0 Å². The number of carbonyl (C=O) groups excluding carboxylic acids is 1. The summed E-state index contributed by atoms with van der Waals surface area (Å²) in [6.45, 7) is 0.198. The summed E-state index contributed by atoms with van der Waals surface area (Å²) in [7, 11) is 0. The van der Waals surface area contributed by atoms with Gasteiger partial charge in [-0.05, 0) is 33.0 Å².